The minimum Gasteiger partial charge on any atom is -0.341 e. The van der Waals surface area contributed by atoms with Gasteiger partial charge >= 0.3 is 11.8 Å². The summed E-state index contributed by atoms with van der Waals surface area (Å²) < 4.78 is 14.1. The lowest BCUT2D eigenvalue weighted by molar-refractivity contribution is -0.136. The zero-order valence-electron chi connectivity index (χ0n) is 16.8. The molecule has 2 unspecified atom stereocenters. The van der Waals surface area contributed by atoms with Crippen LogP contribution in [-0.4, -0.2) is 11.8 Å². The van der Waals surface area contributed by atoms with Gasteiger partial charge in [-0.25, -0.2) is 4.39 Å². The van der Waals surface area contributed by atoms with Crippen LogP contribution in [0, 0.1) is 18.7 Å². The maximum atomic E-state index is 14.1. The maximum absolute atomic E-state index is 14.1. The number of hydrogen-bond acceptors (Lipinski definition) is 2. The van der Waals surface area contributed by atoms with Crippen LogP contribution in [0.15, 0.2) is 36.4 Å². The van der Waals surface area contributed by atoms with Gasteiger partial charge in [-0.05, 0) is 59.9 Å². The van der Waals surface area contributed by atoms with Crippen LogP contribution >= 0.6 is 0 Å². The van der Waals surface area contributed by atoms with Gasteiger partial charge in [0.05, 0.1) is 6.04 Å². The summed E-state index contributed by atoms with van der Waals surface area (Å²) in [6, 6.07) is 10.3. The number of fused-ring (bicyclic) bond motifs is 1. The monoisotopic (exact) mass is 382 g/mol. The SMILES string of the molecule is Cc1cccc(C(C)C)c1NC(=O)C(=O)NC1c2cccc(F)c2CCC1C. The zero-order valence-corrected chi connectivity index (χ0v) is 16.8. The number of anilines is 1. The van der Waals surface area contributed by atoms with E-state index >= 15 is 0 Å². The highest BCUT2D eigenvalue weighted by atomic mass is 19.1. The largest absolute Gasteiger partial charge is 0.341 e. The second-order valence-electron chi connectivity index (χ2n) is 7.92. The molecule has 3 rings (SSSR count). The van der Waals surface area contributed by atoms with Crippen LogP contribution in [0.3, 0.4) is 0 Å². The molecule has 2 N–H and O–H groups in total. The Morgan fingerprint density at radius 1 is 1.11 bits per heavy atom. The average Bonchev–Trinajstić information content (AvgIpc) is 2.65. The first-order valence-electron chi connectivity index (χ1n) is 9.78. The molecule has 2 amide bonds. The lowest BCUT2D eigenvalue weighted by atomic mass is 9.80. The maximum Gasteiger partial charge on any atom is 0.313 e. The molecular weight excluding hydrogens is 355 g/mol. The second-order valence-corrected chi connectivity index (χ2v) is 7.92. The van der Waals surface area contributed by atoms with Crippen molar-refractivity contribution in [2.24, 2.45) is 5.92 Å². The van der Waals surface area contributed by atoms with Gasteiger partial charge in [-0.15, -0.1) is 0 Å². The highest BCUT2D eigenvalue weighted by Gasteiger charge is 2.31. The number of carbonyl (C=O) groups excluding carboxylic acids is 2. The van der Waals surface area contributed by atoms with E-state index in [1.165, 1.54) is 6.07 Å². The fraction of sp³-hybridized carbons (Fsp3) is 0.391. The molecule has 0 bridgehead atoms. The highest BCUT2D eigenvalue weighted by molar-refractivity contribution is 6.39. The van der Waals surface area contributed by atoms with Crippen molar-refractivity contribution in [2.45, 2.75) is 52.5 Å². The van der Waals surface area contributed by atoms with Gasteiger partial charge in [-0.2, -0.15) is 0 Å². The minimum absolute atomic E-state index is 0.121. The van der Waals surface area contributed by atoms with E-state index in [2.05, 4.69) is 10.6 Å². The molecule has 1 aliphatic rings. The van der Waals surface area contributed by atoms with E-state index in [0.717, 1.165) is 23.1 Å². The molecule has 148 valence electrons. The quantitative estimate of drug-likeness (QED) is 0.760. The standard InChI is InChI=1S/C23H27FN2O2/c1-13(2)16-8-5-7-14(3)20(16)25-22(27)23(28)26-21-15(4)11-12-17-18(21)9-6-10-19(17)24/h5-10,13,15,21H,11-12H2,1-4H3,(H,25,27)(H,26,28). The molecule has 0 radical (unpaired) electrons. The number of rotatable bonds is 3. The van der Waals surface area contributed by atoms with Crippen molar-refractivity contribution >= 4 is 17.5 Å². The smallest absolute Gasteiger partial charge is 0.313 e. The van der Waals surface area contributed by atoms with Crippen LogP contribution in [0.5, 0.6) is 0 Å². The van der Waals surface area contributed by atoms with Crippen molar-refractivity contribution < 1.29 is 14.0 Å². The minimum atomic E-state index is -0.702. The van der Waals surface area contributed by atoms with Crippen molar-refractivity contribution in [3.63, 3.8) is 0 Å². The van der Waals surface area contributed by atoms with Gasteiger partial charge in [0.15, 0.2) is 0 Å². The average molecular weight is 382 g/mol. The fourth-order valence-corrected chi connectivity index (χ4v) is 3.92. The number of amides is 2. The predicted molar refractivity (Wildman–Crippen MR) is 109 cm³/mol. The Hall–Kier alpha value is -2.69. The van der Waals surface area contributed by atoms with E-state index in [1.54, 1.807) is 6.07 Å². The molecule has 28 heavy (non-hydrogen) atoms. The van der Waals surface area contributed by atoms with Crippen molar-refractivity contribution in [1.29, 1.82) is 0 Å². The lowest BCUT2D eigenvalue weighted by Gasteiger charge is -2.32. The van der Waals surface area contributed by atoms with Crippen molar-refractivity contribution in [3.05, 3.63) is 64.5 Å². The first kappa shape index (κ1) is 20.1. The van der Waals surface area contributed by atoms with Gasteiger partial charge in [0, 0.05) is 5.69 Å². The molecule has 0 fully saturated rings. The van der Waals surface area contributed by atoms with Gasteiger partial charge in [0.2, 0.25) is 0 Å². The molecule has 0 aromatic heterocycles. The third-order valence-electron chi connectivity index (χ3n) is 5.57. The molecule has 5 heteroatoms. The van der Waals surface area contributed by atoms with Crippen molar-refractivity contribution in [3.8, 4) is 0 Å². The summed E-state index contributed by atoms with van der Waals surface area (Å²) >= 11 is 0. The van der Waals surface area contributed by atoms with Crippen molar-refractivity contribution in [2.75, 3.05) is 5.32 Å². The molecule has 0 saturated carbocycles. The van der Waals surface area contributed by atoms with Crippen LogP contribution in [0.2, 0.25) is 0 Å². The van der Waals surface area contributed by atoms with Gasteiger partial charge < -0.3 is 10.6 Å². The molecule has 0 spiro atoms. The van der Waals surface area contributed by atoms with E-state index in [4.69, 9.17) is 0 Å². The topological polar surface area (TPSA) is 58.2 Å². The number of halogens is 1. The first-order chi connectivity index (χ1) is 13.3. The normalized spacial score (nSPS) is 18.5. The Bertz CT molecular complexity index is 907. The van der Waals surface area contributed by atoms with Crippen LogP contribution < -0.4 is 10.6 Å². The Morgan fingerprint density at radius 2 is 1.82 bits per heavy atom. The molecule has 2 atom stereocenters. The molecule has 2 aromatic carbocycles. The third-order valence-corrected chi connectivity index (χ3v) is 5.57. The second kappa shape index (κ2) is 8.13. The number of benzene rings is 2. The van der Waals surface area contributed by atoms with E-state index in [-0.39, 0.29) is 23.7 Å². The summed E-state index contributed by atoms with van der Waals surface area (Å²) in [7, 11) is 0. The van der Waals surface area contributed by atoms with Gasteiger partial charge in [0.1, 0.15) is 5.82 Å². The van der Waals surface area contributed by atoms with E-state index in [9.17, 15) is 14.0 Å². The zero-order chi connectivity index (χ0) is 20.4. The third kappa shape index (κ3) is 3.93. The number of nitrogens with one attached hydrogen (secondary N) is 2. The van der Waals surface area contributed by atoms with Gasteiger partial charge in [-0.3, -0.25) is 9.59 Å². The summed E-state index contributed by atoms with van der Waals surface area (Å²) in [5, 5.41) is 5.60. The number of hydrogen-bond donors (Lipinski definition) is 2. The van der Waals surface area contributed by atoms with E-state index in [1.807, 2.05) is 52.0 Å². The Labute approximate surface area is 165 Å². The summed E-state index contributed by atoms with van der Waals surface area (Å²) in [6.07, 6.45) is 1.40. The lowest BCUT2D eigenvalue weighted by Crippen LogP contribution is -2.41. The number of para-hydroxylation sites is 1. The predicted octanol–water partition coefficient (Wildman–Crippen LogP) is 4.64. The fourth-order valence-electron chi connectivity index (χ4n) is 3.92. The molecule has 0 saturated heterocycles. The molecule has 1 aliphatic carbocycles. The molecule has 4 nitrogen and oxygen atoms in total. The van der Waals surface area contributed by atoms with Crippen LogP contribution in [0.4, 0.5) is 10.1 Å². The summed E-state index contributed by atoms with van der Waals surface area (Å²) in [5.74, 6) is -1.32. The van der Waals surface area contributed by atoms with Crippen molar-refractivity contribution in [1.82, 2.24) is 5.32 Å². The molecule has 0 heterocycles. The Balaban J connectivity index is 1.80. The van der Waals surface area contributed by atoms with E-state index < -0.39 is 11.8 Å². The van der Waals surface area contributed by atoms with Crippen LogP contribution in [-0.2, 0) is 16.0 Å². The molecular formula is C23H27FN2O2. The molecule has 0 aliphatic heterocycles. The number of aryl methyl sites for hydroxylation is 1. The molecule has 2 aromatic rings. The first-order valence-corrected chi connectivity index (χ1v) is 9.78. The highest BCUT2D eigenvalue weighted by Crippen LogP contribution is 2.35. The van der Waals surface area contributed by atoms with Gasteiger partial charge in [0.25, 0.3) is 0 Å². The van der Waals surface area contributed by atoms with Crippen LogP contribution in [0.25, 0.3) is 0 Å². The summed E-state index contributed by atoms with van der Waals surface area (Å²) in [5.41, 5.74) is 3.97. The Morgan fingerprint density at radius 3 is 2.54 bits per heavy atom. The number of carbonyl (C=O) groups is 2. The van der Waals surface area contributed by atoms with E-state index in [0.29, 0.717) is 17.7 Å². The van der Waals surface area contributed by atoms with Crippen LogP contribution in [0.1, 0.15) is 61.4 Å². The summed E-state index contributed by atoms with van der Waals surface area (Å²) in [6.45, 7) is 8.00. The van der Waals surface area contributed by atoms with Gasteiger partial charge in [-0.1, -0.05) is 51.1 Å². The Kier molecular flexibility index (Phi) is 5.82. The summed E-state index contributed by atoms with van der Waals surface area (Å²) in [4.78, 5) is 25.2.